The van der Waals surface area contributed by atoms with Crippen LogP contribution in [0.15, 0.2) is 18.2 Å². The monoisotopic (exact) mass is 326 g/mol. The standard InChI is InChI=1S/C23H34O/c1-3-23(2)14-13-20-19-12-10-18(24)15-17(19)9-11-21(20)22(23)6-4-5-16-7-8-16/h10,12,15-16,20-22,24H,3-9,11,13-14H2,1-2H3/t20-,21-,22+,23+/m1/s1. The lowest BCUT2D eigenvalue weighted by molar-refractivity contribution is 0.0204. The lowest BCUT2D eigenvalue weighted by Gasteiger charge is -2.52. The number of aromatic hydroxyl groups is 1. The second kappa shape index (κ2) is 6.39. The summed E-state index contributed by atoms with van der Waals surface area (Å²) < 4.78 is 0. The van der Waals surface area contributed by atoms with Gasteiger partial charge in [-0.15, -0.1) is 0 Å². The van der Waals surface area contributed by atoms with E-state index in [2.05, 4.69) is 19.9 Å². The van der Waals surface area contributed by atoms with Crippen LogP contribution in [0.25, 0.3) is 0 Å². The fourth-order valence-corrected chi connectivity index (χ4v) is 6.00. The molecular weight excluding hydrogens is 292 g/mol. The van der Waals surface area contributed by atoms with Gasteiger partial charge < -0.3 is 5.11 Å². The van der Waals surface area contributed by atoms with Crippen molar-refractivity contribution in [3.05, 3.63) is 29.3 Å². The molecule has 0 amide bonds. The van der Waals surface area contributed by atoms with Gasteiger partial charge in [0.25, 0.3) is 0 Å². The summed E-state index contributed by atoms with van der Waals surface area (Å²) in [6, 6.07) is 6.18. The molecule has 1 aromatic carbocycles. The van der Waals surface area contributed by atoms with E-state index in [9.17, 15) is 5.11 Å². The summed E-state index contributed by atoms with van der Waals surface area (Å²) in [4.78, 5) is 0. The highest BCUT2D eigenvalue weighted by Gasteiger charge is 2.46. The second-order valence-electron chi connectivity index (χ2n) is 9.22. The largest absolute Gasteiger partial charge is 0.508 e. The molecule has 0 radical (unpaired) electrons. The van der Waals surface area contributed by atoms with Crippen LogP contribution < -0.4 is 0 Å². The molecule has 1 nitrogen and oxygen atoms in total. The molecule has 0 saturated heterocycles. The second-order valence-corrected chi connectivity index (χ2v) is 9.22. The Balaban J connectivity index is 1.56. The van der Waals surface area contributed by atoms with Gasteiger partial charge in [-0.1, -0.05) is 52.0 Å². The molecule has 3 aliphatic carbocycles. The van der Waals surface area contributed by atoms with Gasteiger partial charge in [0.2, 0.25) is 0 Å². The Morgan fingerprint density at radius 2 is 1.96 bits per heavy atom. The first-order valence-electron chi connectivity index (χ1n) is 10.4. The first-order chi connectivity index (χ1) is 11.6. The van der Waals surface area contributed by atoms with Gasteiger partial charge in [-0.2, -0.15) is 0 Å². The zero-order chi connectivity index (χ0) is 16.7. The fourth-order valence-electron chi connectivity index (χ4n) is 6.00. The topological polar surface area (TPSA) is 20.2 Å². The number of hydrogen-bond donors (Lipinski definition) is 1. The first-order valence-corrected chi connectivity index (χ1v) is 10.4. The van der Waals surface area contributed by atoms with E-state index in [1.54, 1.807) is 5.56 Å². The molecule has 1 aromatic rings. The Kier molecular flexibility index (Phi) is 4.39. The zero-order valence-corrected chi connectivity index (χ0v) is 15.6. The molecule has 2 saturated carbocycles. The SMILES string of the molecule is CC[C@@]1(C)CC[C@@H]2c3ccc(O)cc3CC[C@H]2[C@@H]1CCCC1CC1. The van der Waals surface area contributed by atoms with Crippen molar-refractivity contribution in [2.24, 2.45) is 23.2 Å². The van der Waals surface area contributed by atoms with Gasteiger partial charge in [0, 0.05) is 0 Å². The smallest absolute Gasteiger partial charge is 0.115 e. The van der Waals surface area contributed by atoms with Crippen LogP contribution in [0.5, 0.6) is 5.75 Å². The summed E-state index contributed by atoms with van der Waals surface area (Å²) in [7, 11) is 0. The van der Waals surface area contributed by atoms with E-state index in [1.165, 1.54) is 69.8 Å². The van der Waals surface area contributed by atoms with Crippen LogP contribution >= 0.6 is 0 Å². The number of phenolic OH excluding ortho intramolecular Hbond substituents is 1. The molecule has 0 bridgehead atoms. The van der Waals surface area contributed by atoms with Crippen molar-refractivity contribution in [2.45, 2.75) is 84.0 Å². The Bertz CT molecular complexity index is 588. The van der Waals surface area contributed by atoms with E-state index < -0.39 is 0 Å². The lowest BCUT2D eigenvalue weighted by Crippen LogP contribution is -2.42. The normalized spacial score (nSPS) is 35.3. The number of hydrogen-bond acceptors (Lipinski definition) is 1. The maximum absolute atomic E-state index is 9.83. The molecule has 0 heterocycles. The van der Waals surface area contributed by atoms with E-state index in [0.29, 0.717) is 11.2 Å². The van der Waals surface area contributed by atoms with Crippen molar-refractivity contribution in [2.75, 3.05) is 0 Å². The minimum absolute atomic E-state index is 0.447. The van der Waals surface area contributed by atoms with Gasteiger partial charge in [-0.3, -0.25) is 0 Å². The van der Waals surface area contributed by atoms with Gasteiger partial charge >= 0.3 is 0 Å². The molecule has 4 atom stereocenters. The maximum atomic E-state index is 9.83. The van der Waals surface area contributed by atoms with Crippen molar-refractivity contribution in [3.63, 3.8) is 0 Å². The summed E-state index contributed by atoms with van der Waals surface area (Å²) in [5.74, 6) is 4.05. The predicted molar refractivity (Wildman–Crippen MR) is 100 cm³/mol. The minimum atomic E-state index is 0.447. The highest BCUT2D eigenvalue weighted by Crippen LogP contribution is 2.57. The van der Waals surface area contributed by atoms with Gasteiger partial charge in [0.05, 0.1) is 0 Å². The zero-order valence-electron chi connectivity index (χ0n) is 15.6. The fraction of sp³-hybridized carbons (Fsp3) is 0.739. The number of fused-ring (bicyclic) bond motifs is 3. The van der Waals surface area contributed by atoms with E-state index in [4.69, 9.17) is 0 Å². The molecule has 4 rings (SSSR count). The quantitative estimate of drug-likeness (QED) is 0.659. The van der Waals surface area contributed by atoms with Crippen LogP contribution in [0, 0.1) is 23.2 Å². The van der Waals surface area contributed by atoms with Gasteiger partial charge in [0.15, 0.2) is 0 Å². The van der Waals surface area contributed by atoms with Crippen molar-refractivity contribution < 1.29 is 5.11 Å². The van der Waals surface area contributed by atoms with Crippen molar-refractivity contribution in [1.29, 1.82) is 0 Å². The average Bonchev–Trinajstić information content (AvgIpc) is 3.40. The Morgan fingerprint density at radius 1 is 1.12 bits per heavy atom. The van der Waals surface area contributed by atoms with Gasteiger partial charge in [0.1, 0.15) is 5.75 Å². The Morgan fingerprint density at radius 3 is 2.71 bits per heavy atom. The van der Waals surface area contributed by atoms with Crippen molar-refractivity contribution in [1.82, 2.24) is 0 Å². The van der Waals surface area contributed by atoms with Crippen molar-refractivity contribution in [3.8, 4) is 5.75 Å². The summed E-state index contributed by atoms with van der Waals surface area (Å²) in [5.41, 5.74) is 3.54. The molecule has 0 aromatic heterocycles. The van der Waals surface area contributed by atoms with Crippen LogP contribution in [0.1, 0.15) is 88.7 Å². The van der Waals surface area contributed by atoms with Crippen LogP contribution in [-0.4, -0.2) is 5.11 Å². The number of aryl methyl sites for hydroxylation is 1. The number of phenols is 1. The molecular formula is C23H34O. The lowest BCUT2D eigenvalue weighted by atomic mass is 9.53. The number of rotatable bonds is 5. The van der Waals surface area contributed by atoms with Crippen LogP contribution in [0.3, 0.4) is 0 Å². The third-order valence-electron chi connectivity index (χ3n) is 7.86. The maximum Gasteiger partial charge on any atom is 0.115 e. The van der Waals surface area contributed by atoms with Crippen LogP contribution in [-0.2, 0) is 6.42 Å². The summed E-state index contributed by atoms with van der Waals surface area (Å²) in [6.07, 6.45) is 14.0. The molecule has 1 N–H and O–H groups in total. The first kappa shape index (κ1) is 16.5. The van der Waals surface area contributed by atoms with Crippen LogP contribution in [0.2, 0.25) is 0 Å². The van der Waals surface area contributed by atoms with E-state index in [-0.39, 0.29) is 0 Å². The highest BCUT2D eigenvalue weighted by atomic mass is 16.3. The van der Waals surface area contributed by atoms with Crippen LogP contribution in [0.4, 0.5) is 0 Å². The third kappa shape index (κ3) is 3.00. The average molecular weight is 327 g/mol. The Hall–Kier alpha value is -0.980. The minimum Gasteiger partial charge on any atom is -0.508 e. The van der Waals surface area contributed by atoms with Gasteiger partial charge in [-0.25, -0.2) is 0 Å². The Labute approximate surface area is 147 Å². The molecule has 132 valence electrons. The molecule has 3 aliphatic rings. The summed E-state index contributed by atoms with van der Waals surface area (Å²) >= 11 is 0. The number of benzene rings is 1. The molecule has 24 heavy (non-hydrogen) atoms. The summed E-state index contributed by atoms with van der Waals surface area (Å²) in [6.45, 7) is 5.00. The molecule has 0 unspecified atom stereocenters. The third-order valence-corrected chi connectivity index (χ3v) is 7.86. The molecule has 0 spiro atoms. The van der Waals surface area contributed by atoms with E-state index in [1.807, 2.05) is 12.1 Å². The molecule has 0 aliphatic heterocycles. The molecule has 1 heteroatoms. The van der Waals surface area contributed by atoms with Gasteiger partial charge in [-0.05, 0) is 84.5 Å². The van der Waals surface area contributed by atoms with E-state index in [0.717, 1.165) is 23.7 Å². The van der Waals surface area contributed by atoms with E-state index >= 15 is 0 Å². The van der Waals surface area contributed by atoms with Crippen molar-refractivity contribution >= 4 is 0 Å². The summed E-state index contributed by atoms with van der Waals surface area (Å²) in [5, 5.41) is 9.83. The predicted octanol–water partition coefficient (Wildman–Crippen LogP) is 6.44. The molecule has 2 fully saturated rings. The highest BCUT2D eigenvalue weighted by molar-refractivity contribution is 5.39.